The van der Waals surface area contributed by atoms with Gasteiger partial charge >= 0.3 is 0 Å². The van der Waals surface area contributed by atoms with E-state index in [2.05, 4.69) is 44.0 Å². The van der Waals surface area contributed by atoms with Gasteiger partial charge in [-0.05, 0) is 55.8 Å². The number of hydrogen-bond acceptors (Lipinski definition) is 2. The molecule has 2 nitrogen and oxygen atoms in total. The highest BCUT2D eigenvalue weighted by Crippen LogP contribution is 2.32. The monoisotopic (exact) mass is 292 g/mol. The van der Waals surface area contributed by atoms with E-state index in [9.17, 15) is 4.39 Å². The van der Waals surface area contributed by atoms with Crippen LogP contribution in [0.2, 0.25) is 0 Å². The van der Waals surface area contributed by atoms with Gasteiger partial charge in [-0.15, -0.1) is 0 Å². The van der Waals surface area contributed by atoms with Crippen LogP contribution in [0.15, 0.2) is 18.2 Å². The van der Waals surface area contributed by atoms with Crippen molar-refractivity contribution in [3.05, 3.63) is 29.6 Å². The molecule has 0 aliphatic carbocycles. The summed E-state index contributed by atoms with van der Waals surface area (Å²) < 4.78 is 14.5. The molecule has 1 aromatic carbocycles. The summed E-state index contributed by atoms with van der Waals surface area (Å²) in [6, 6.07) is 6.10. The van der Waals surface area contributed by atoms with Crippen LogP contribution in [0, 0.1) is 17.7 Å². The van der Waals surface area contributed by atoms with Gasteiger partial charge in [-0.1, -0.05) is 26.8 Å². The van der Waals surface area contributed by atoms with Gasteiger partial charge in [0.1, 0.15) is 5.82 Å². The minimum Gasteiger partial charge on any atom is -0.366 e. The fourth-order valence-electron chi connectivity index (χ4n) is 3.34. The van der Waals surface area contributed by atoms with Crippen LogP contribution in [0.3, 0.4) is 0 Å². The Morgan fingerprint density at radius 3 is 2.71 bits per heavy atom. The summed E-state index contributed by atoms with van der Waals surface area (Å²) in [5.41, 5.74) is 1.79. The molecular weight excluding hydrogens is 263 g/mol. The third kappa shape index (κ3) is 3.97. The molecular formula is C18H29FN2. The van der Waals surface area contributed by atoms with Crippen molar-refractivity contribution in [3.63, 3.8) is 0 Å². The van der Waals surface area contributed by atoms with Gasteiger partial charge in [0.25, 0.3) is 0 Å². The van der Waals surface area contributed by atoms with Gasteiger partial charge in [0, 0.05) is 19.1 Å². The number of piperidine rings is 1. The maximum absolute atomic E-state index is 14.5. The molecule has 0 bridgehead atoms. The van der Waals surface area contributed by atoms with Gasteiger partial charge in [0.2, 0.25) is 0 Å². The van der Waals surface area contributed by atoms with Crippen molar-refractivity contribution in [2.75, 3.05) is 18.0 Å². The predicted molar refractivity (Wildman–Crippen MR) is 88.2 cm³/mol. The number of halogens is 1. The average molecular weight is 292 g/mol. The molecule has 0 saturated carbocycles. The minimum absolute atomic E-state index is 0.0843. The fourth-order valence-corrected chi connectivity index (χ4v) is 3.34. The molecule has 1 aromatic rings. The molecule has 1 N–H and O–H groups in total. The zero-order chi connectivity index (χ0) is 15.4. The molecule has 3 heteroatoms. The molecule has 3 unspecified atom stereocenters. The quantitative estimate of drug-likeness (QED) is 0.818. The highest BCUT2D eigenvalue weighted by molar-refractivity contribution is 5.50. The maximum atomic E-state index is 14.5. The van der Waals surface area contributed by atoms with Crippen molar-refractivity contribution in [2.45, 2.75) is 53.1 Å². The number of anilines is 1. The van der Waals surface area contributed by atoms with Gasteiger partial charge in [0.05, 0.1) is 5.69 Å². The van der Waals surface area contributed by atoms with Crippen molar-refractivity contribution in [3.8, 4) is 0 Å². The SMILES string of the molecule is CCCNCc1ccc(N2CC(C)CC(C)C2C)c(F)c1. The lowest BCUT2D eigenvalue weighted by Crippen LogP contribution is -2.46. The lowest BCUT2D eigenvalue weighted by molar-refractivity contribution is 0.295. The van der Waals surface area contributed by atoms with E-state index < -0.39 is 0 Å². The molecule has 1 aliphatic rings. The molecule has 1 heterocycles. The Labute approximate surface area is 128 Å². The predicted octanol–water partition coefficient (Wildman–Crippen LogP) is 4.20. The Morgan fingerprint density at radius 1 is 1.29 bits per heavy atom. The van der Waals surface area contributed by atoms with Crippen molar-refractivity contribution >= 4 is 5.69 Å². The van der Waals surface area contributed by atoms with E-state index >= 15 is 0 Å². The van der Waals surface area contributed by atoms with E-state index in [1.54, 1.807) is 6.07 Å². The van der Waals surface area contributed by atoms with Crippen LogP contribution in [-0.2, 0) is 6.54 Å². The zero-order valence-corrected chi connectivity index (χ0v) is 13.8. The Bertz CT molecular complexity index is 461. The van der Waals surface area contributed by atoms with Gasteiger partial charge in [0.15, 0.2) is 0 Å². The highest BCUT2D eigenvalue weighted by atomic mass is 19.1. The summed E-state index contributed by atoms with van der Waals surface area (Å²) in [6.45, 7) is 11.6. The summed E-state index contributed by atoms with van der Waals surface area (Å²) in [7, 11) is 0. The smallest absolute Gasteiger partial charge is 0.146 e. The van der Waals surface area contributed by atoms with Crippen LogP contribution >= 0.6 is 0 Å². The van der Waals surface area contributed by atoms with E-state index in [1.807, 2.05) is 6.07 Å². The summed E-state index contributed by atoms with van der Waals surface area (Å²) in [4.78, 5) is 2.25. The van der Waals surface area contributed by atoms with Crippen LogP contribution < -0.4 is 10.2 Å². The van der Waals surface area contributed by atoms with E-state index in [1.165, 1.54) is 6.42 Å². The van der Waals surface area contributed by atoms with E-state index in [0.717, 1.165) is 37.3 Å². The fraction of sp³-hybridized carbons (Fsp3) is 0.667. The Balaban J connectivity index is 2.12. The third-order valence-electron chi connectivity index (χ3n) is 4.68. The lowest BCUT2D eigenvalue weighted by Gasteiger charge is -2.42. The Kier molecular flexibility index (Phi) is 5.63. The Morgan fingerprint density at radius 2 is 2.05 bits per heavy atom. The van der Waals surface area contributed by atoms with E-state index in [4.69, 9.17) is 0 Å². The molecule has 118 valence electrons. The van der Waals surface area contributed by atoms with Crippen LogP contribution in [-0.4, -0.2) is 19.1 Å². The second-order valence-corrected chi connectivity index (χ2v) is 6.67. The van der Waals surface area contributed by atoms with Gasteiger partial charge in [-0.3, -0.25) is 0 Å². The van der Waals surface area contributed by atoms with Crippen LogP contribution in [0.1, 0.15) is 46.1 Å². The summed E-state index contributed by atoms with van der Waals surface area (Å²) in [5.74, 6) is 1.15. The first-order chi connectivity index (χ1) is 10.0. The van der Waals surface area contributed by atoms with Crippen LogP contribution in [0.5, 0.6) is 0 Å². The Hall–Kier alpha value is -1.09. The van der Waals surface area contributed by atoms with Crippen molar-refractivity contribution in [2.24, 2.45) is 11.8 Å². The van der Waals surface area contributed by atoms with Gasteiger partial charge in [-0.2, -0.15) is 0 Å². The number of nitrogens with zero attached hydrogens (tertiary/aromatic N) is 1. The first kappa shape index (κ1) is 16.3. The molecule has 1 aliphatic heterocycles. The largest absolute Gasteiger partial charge is 0.366 e. The number of benzene rings is 1. The highest BCUT2D eigenvalue weighted by Gasteiger charge is 2.30. The second-order valence-electron chi connectivity index (χ2n) is 6.67. The zero-order valence-electron chi connectivity index (χ0n) is 13.8. The van der Waals surface area contributed by atoms with Crippen molar-refractivity contribution in [1.82, 2.24) is 5.32 Å². The maximum Gasteiger partial charge on any atom is 0.146 e. The second kappa shape index (κ2) is 7.26. The summed E-state index contributed by atoms with van der Waals surface area (Å²) in [6.07, 6.45) is 2.33. The number of rotatable bonds is 5. The molecule has 0 spiro atoms. The van der Waals surface area contributed by atoms with Gasteiger partial charge in [-0.25, -0.2) is 4.39 Å². The molecule has 1 fully saturated rings. The average Bonchev–Trinajstić information content (AvgIpc) is 2.44. The first-order valence-electron chi connectivity index (χ1n) is 8.28. The molecule has 0 amide bonds. The summed E-state index contributed by atoms with van der Waals surface area (Å²) in [5, 5.41) is 3.32. The minimum atomic E-state index is -0.0843. The van der Waals surface area contributed by atoms with E-state index in [0.29, 0.717) is 17.9 Å². The topological polar surface area (TPSA) is 15.3 Å². The molecule has 1 saturated heterocycles. The van der Waals surface area contributed by atoms with Crippen LogP contribution in [0.25, 0.3) is 0 Å². The normalized spacial score (nSPS) is 26.1. The first-order valence-corrected chi connectivity index (χ1v) is 8.28. The van der Waals surface area contributed by atoms with Crippen molar-refractivity contribution < 1.29 is 4.39 Å². The lowest BCUT2D eigenvalue weighted by atomic mass is 9.85. The molecule has 3 atom stereocenters. The molecule has 21 heavy (non-hydrogen) atoms. The van der Waals surface area contributed by atoms with Crippen molar-refractivity contribution in [1.29, 1.82) is 0 Å². The molecule has 0 radical (unpaired) electrons. The van der Waals surface area contributed by atoms with E-state index in [-0.39, 0.29) is 5.82 Å². The standard InChI is InChI=1S/C18H29FN2/c1-5-8-20-11-16-6-7-18(17(19)10-16)21-12-13(2)9-14(3)15(21)4/h6-7,10,13-15,20H,5,8-9,11-12H2,1-4H3. The van der Waals surface area contributed by atoms with Gasteiger partial charge < -0.3 is 10.2 Å². The number of hydrogen-bond donors (Lipinski definition) is 1. The summed E-state index contributed by atoms with van der Waals surface area (Å²) >= 11 is 0. The molecule has 2 rings (SSSR count). The number of nitrogens with one attached hydrogen (secondary N) is 1. The van der Waals surface area contributed by atoms with Crippen LogP contribution in [0.4, 0.5) is 10.1 Å². The molecule has 0 aromatic heterocycles. The third-order valence-corrected chi connectivity index (χ3v) is 4.68.